The van der Waals surface area contributed by atoms with Crippen molar-refractivity contribution < 1.29 is 4.74 Å². The normalized spacial score (nSPS) is 13.4. The van der Waals surface area contributed by atoms with Crippen molar-refractivity contribution in [3.8, 4) is 28.7 Å². The van der Waals surface area contributed by atoms with Crippen molar-refractivity contribution in [1.82, 2.24) is 34.6 Å². The summed E-state index contributed by atoms with van der Waals surface area (Å²) in [6, 6.07) is 5.65. The van der Waals surface area contributed by atoms with Gasteiger partial charge in [0.2, 0.25) is 0 Å². The molecule has 11 heteroatoms. The van der Waals surface area contributed by atoms with E-state index < -0.39 is 0 Å². The van der Waals surface area contributed by atoms with Crippen molar-refractivity contribution in [3.63, 3.8) is 0 Å². The summed E-state index contributed by atoms with van der Waals surface area (Å²) in [5.41, 5.74) is 9.41. The van der Waals surface area contributed by atoms with Gasteiger partial charge in [0.05, 0.1) is 60.1 Å². The first-order valence-electron chi connectivity index (χ1n) is 9.28. The van der Waals surface area contributed by atoms with Crippen LogP contribution in [0.15, 0.2) is 36.9 Å². The van der Waals surface area contributed by atoms with Gasteiger partial charge in [0.1, 0.15) is 11.5 Å². The fraction of sp³-hybridized carbons (Fsp3) is 0.316. The van der Waals surface area contributed by atoms with E-state index in [9.17, 15) is 5.26 Å². The molecule has 0 aliphatic heterocycles. The Morgan fingerprint density at radius 1 is 1.37 bits per heavy atom. The third kappa shape index (κ3) is 3.85. The molecule has 154 valence electrons. The second-order valence-corrected chi connectivity index (χ2v) is 7.12. The van der Waals surface area contributed by atoms with E-state index in [0.717, 1.165) is 11.1 Å². The van der Waals surface area contributed by atoms with Crippen molar-refractivity contribution in [2.75, 3.05) is 18.7 Å². The van der Waals surface area contributed by atoms with Gasteiger partial charge in [-0.1, -0.05) is 0 Å². The van der Waals surface area contributed by atoms with Gasteiger partial charge in [0, 0.05) is 30.8 Å². The monoisotopic (exact) mass is 425 g/mol. The third-order valence-electron chi connectivity index (χ3n) is 4.88. The summed E-state index contributed by atoms with van der Waals surface area (Å²) < 4.78 is 8.89. The Kier molecular flexibility index (Phi) is 5.65. The number of methoxy groups -OCH3 is 1. The van der Waals surface area contributed by atoms with Crippen LogP contribution in [0.25, 0.3) is 28.2 Å². The molecule has 2 atom stereocenters. The van der Waals surface area contributed by atoms with Crippen LogP contribution < -0.4 is 5.73 Å². The Morgan fingerprint density at radius 3 is 2.93 bits per heavy atom. The first kappa shape index (κ1) is 19.9. The number of hydrogen-bond donors (Lipinski definition) is 2. The lowest BCUT2D eigenvalue weighted by atomic mass is 10.1. The molecule has 0 saturated carbocycles. The number of nitriles is 1. The molecule has 0 fully saturated rings. The largest absolute Gasteiger partial charge is 0.382 e. The zero-order valence-corrected chi connectivity index (χ0v) is 17.0. The second kappa shape index (κ2) is 8.52. The second-order valence-electron chi connectivity index (χ2n) is 6.82. The van der Waals surface area contributed by atoms with E-state index >= 15 is 0 Å². The number of nitrogens with one attached hydrogen (secondary N) is 1. The molecule has 0 unspecified atom stereocenters. The number of H-pyrrole nitrogens is 1. The molecule has 30 heavy (non-hydrogen) atoms. The van der Waals surface area contributed by atoms with Crippen LogP contribution in [0.1, 0.15) is 18.9 Å². The quantitative estimate of drug-likeness (QED) is 0.414. The van der Waals surface area contributed by atoms with Crippen LogP contribution in [0.2, 0.25) is 0 Å². The molecule has 0 aliphatic rings. The summed E-state index contributed by atoms with van der Waals surface area (Å²) in [5.74, 6) is 0.730. The predicted octanol–water partition coefficient (Wildman–Crippen LogP) is 2.66. The lowest BCUT2D eigenvalue weighted by molar-refractivity contribution is 0.0976. The highest BCUT2D eigenvalue weighted by molar-refractivity contribution is 6.18. The number of nitrogens with two attached hydrogens (primary N) is 1. The van der Waals surface area contributed by atoms with Gasteiger partial charge >= 0.3 is 0 Å². The maximum Gasteiger partial charge on any atom is 0.145 e. The molecule has 4 aromatic heterocycles. The molecule has 0 bridgehead atoms. The number of halogens is 1. The molecule has 0 aromatic carbocycles. The summed E-state index contributed by atoms with van der Waals surface area (Å²) in [6.07, 6.45) is 7.83. The lowest BCUT2D eigenvalue weighted by Crippen LogP contribution is -2.20. The summed E-state index contributed by atoms with van der Waals surface area (Å²) >= 11 is 5.96. The van der Waals surface area contributed by atoms with Crippen LogP contribution in [-0.2, 0) is 4.74 Å². The van der Waals surface area contributed by atoms with Crippen molar-refractivity contribution >= 4 is 22.9 Å². The minimum Gasteiger partial charge on any atom is -0.382 e. The zero-order chi connectivity index (χ0) is 21.1. The number of alkyl halides is 1. The highest BCUT2D eigenvalue weighted by Crippen LogP contribution is 2.28. The van der Waals surface area contributed by atoms with Gasteiger partial charge in [-0.25, -0.2) is 9.50 Å². The first-order chi connectivity index (χ1) is 14.6. The maximum atomic E-state index is 9.25. The molecule has 0 spiro atoms. The molecule has 4 heterocycles. The van der Waals surface area contributed by atoms with Crippen molar-refractivity contribution in [2.45, 2.75) is 25.0 Å². The Labute approximate surface area is 177 Å². The average molecular weight is 426 g/mol. The Balaban J connectivity index is 1.73. The summed E-state index contributed by atoms with van der Waals surface area (Å²) in [6.45, 7) is 0. The standard InChI is InChI=1S/C19H20ClN9O/c1-30-14(8-20)6-13(2-4-21)28-10-12(9-24-28)19-17-3-5-23-29(17)11-16(25-19)15-7-18(22)27-26-15/h3,5,7,9-11,13-14H,2,6,8H2,1H3,(H3,22,26,27)/t13-,14+/m1/s1. The van der Waals surface area contributed by atoms with Gasteiger partial charge in [0.15, 0.2) is 0 Å². The number of nitrogen functional groups attached to an aromatic ring is 1. The number of ether oxygens (including phenoxy) is 1. The van der Waals surface area contributed by atoms with E-state index in [1.165, 1.54) is 0 Å². The van der Waals surface area contributed by atoms with Gasteiger partial charge < -0.3 is 10.5 Å². The number of hydrogen-bond acceptors (Lipinski definition) is 7. The van der Waals surface area contributed by atoms with Gasteiger partial charge in [-0.2, -0.15) is 20.6 Å². The number of nitrogens with zero attached hydrogens (tertiary/aromatic N) is 7. The minimum absolute atomic E-state index is 0.161. The highest BCUT2D eigenvalue weighted by Gasteiger charge is 2.20. The minimum atomic E-state index is -0.163. The van der Waals surface area contributed by atoms with Crippen molar-refractivity contribution in [3.05, 3.63) is 36.9 Å². The molecule has 10 nitrogen and oxygen atoms in total. The molecule has 0 aliphatic carbocycles. The van der Waals surface area contributed by atoms with Crippen LogP contribution in [0.4, 0.5) is 5.82 Å². The fourth-order valence-electron chi connectivity index (χ4n) is 3.31. The summed E-state index contributed by atoms with van der Waals surface area (Å²) in [7, 11) is 1.61. The highest BCUT2D eigenvalue weighted by atomic mass is 35.5. The molecular weight excluding hydrogens is 406 g/mol. The van der Waals surface area contributed by atoms with Crippen LogP contribution in [-0.4, -0.2) is 53.7 Å². The van der Waals surface area contributed by atoms with Gasteiger partial charge in [0.25, 0.3) is 0 Å². The van der Waals surface area contributed by atoms with Crippen LogP contribution in [0.5, 0.6) is 0 Å². The molecular formula is C19H20ClN9O. The Hall–Kier alpha value is -3.42. The van der Waals surface area contributed by atoms with E-state index in [4.69, 9.17) is 27.1 Å². The van der Waals surface area contributed by atoms with Gasteiger partial charge in [-0.15, -0.1) is 11.6 Å². The molecule has 4 aromatic rings. The van der Waals surface area contributed by atoms with E-state index in [-0.39, 0.29) is 12.1 Å². The molecule has 0 saturated heterocycles. The maximum absolute atomic E-state index is 9.25. The van der Waals surface area contributed by atoms with E-state index in [1.807, 2.05) is 12.3 Å². The van der Waals surface area contributed by atoms with Crippen LogP contribution in [0, 0.1) is 11.3 Å². The molecule has 4 rings (SSSR count). The van der Waals surface area contributed by atoms with E-state index in [0.29, 0.717) is 41.6 Å². The summed E-state index contributed by atoms with van der Waals surface area (Å²) in [5, 5.41) is 24.9. The number of rotatable bonds is 8. The van der Waals surface area contributed by atoms with E-state index in [1.54, 1.807) is 41.0 Å². The average Bonchev–Trinajstić information content (AvgIpc) is 3.50. The molecule has 0 radical (unpaired) electrons. The van der Waals surface area contributed by atoms with Crippen LogP contribution in [0.3, 0.4) is 0 Å². The number of aromatic amines is 1. The number of anilines is 1. The van der Waals surface area contributed by atoms with Crippen molar-refractivity contribution in [1.29, 1.82) is 5.26 Å². The van der Waals surface area contributed by atoms with Crippen LogP contribution >= 0.6 is 11.6 Å². The van der Waals surface area contributed by atoms with Gasteiger partial charge in [-0.05, 0) is 12.5 Å². The molecule has 3 N–H and O–H groups in total. The smallest absolute Gasteiger partial charge is 0.145 e. The number of aromatic nitrogens is 7. The first-order valence-corrected chi connectivity index (χ1v) is 9.82. The SMILES string of the molecule is CO[C@H](CCl)C[C@@H](CC#N)n1cc(-c2nc(-c3cc(N)n[nH]3)cn3nccc23)cn1. The number of fused-ring (bicyclic) bond motifs is 1. The lowest BCUT2D eigenvalue weighted by Gasteiger charge is -2.19. The topological polar surface area (TPSA) is 136 Å². The fourth-order valence-corrected chi connectivity index (χ4v) is 3.57. The Morgan fingerprint density at radius 2 is 2.23 bits per heavy atom. The third-order valence-corrected chi connectivity index (χ3v) is 5.22. The van der Waals surface area contributed by atoms with E-state index in [2.05, 4.69) is 26.5 Å². The predicted molar refractivity (Wildman–Crippen MR) is 112 cm³/mol. The van der Waals surface area contributed by atoms with Crippen molar-refractivity contribution in [2.24, 2.45) is 0 Å². The zero-order valence-electron chi connectivity index (χ0n) is 16.2. The van der Waals surface area contributed by atoms with Gasteiger partial charge in [-0.3, -0.25) is 9.78 Å². The summed E-state index contributed by atoms with van der Waals surface area (Å²) in [4.78, 5) is 4.79. The Bertz CT molecular complexity index is 1180. The molecule has 0 amide bonds.